The van der Waals surface area contributed by atoms with E-state index in [-0.39, 0.29) is 12.5 Å². The van der Waals surface area contributed by atoms with Crippen LogP contribution >= 0.6 is 11.6 Å². The molecule has 0 aliphatic heterocycles. The zero-order chi connectivity index (χ0) is 15.3. The maximum absolute atomic E-state index is 9.36. The third-order valence-electron chi connectivity index (χ3n) is 3.59. The van der Waals surface area contributed by atoms with Crippen molar-refractivity contribution in [2.75, 3.05) is 18.1 Å². The average molecular weight is 300 g/mol. The van der Waals surface area contributed by atoms with Crippen LogP contribution in [0.4, 0.5) is 5.82 Å². The number of nitrogens with zero attached hydrogens (tertiary/aromatic N) is 3. The zero-order valence-electron chi connectivity index (χ0n) is 13.1. The molecule has 0 fully saturated rings. The van der Waals surface area contributed by atoms with Crippen molar-refractivity contribution >= 4 is 17.4 Å². The van der Waals surface area contributed by atoms with Crippen molar-refractivity contribution in [2.45, 2.75) is 59.4 Å². The van der Waals surface area contributed by atoms with Gasteiger partial charge in [-0.25, -0.2) is 9.97 Å². The van der Waals surface area contributed by atoms with Gasteiger partial charge in [0.05, 0.1) is 6.61 Å². The molecule has 0 bridgehead atoms. The summed E-state index contributed by atoms with van der Waals surface area (Å²) in [6.45, 7) is 11.0. The average Bonchev–Trinajstić information content (AvgIpc) is 2.42. The van der Waals surface area contributed by atoms with Crippen LogP contribution in [-0.4, -0.2) is 34.3 Å². The number of hydrogen-bond acceptors (Lipinski definition) is 4. The number of aliphatic hydroxyl groups excluding tert-OH is 1. The highest BCUT2D eigenvalue weighted by atomic mass is 35.5. The fourth-order valence-electron chi connectivity index (χ4n) is 2.33. The number of halogens is 1. The molecule has 0 atom stereocenters. The Morgan fingerprint density at radius 2 is 1.80 bits per heavy atom. The molecule has 0 saturated heterocycles. The Kier molecular flexibility index (Phi) is 6.69. The van der Waals surface area contributed by atoms with Gasteiger partial charge in [-0.3, -0.25) is 0 Å². The molecule has 0 unspecified atom stereocenters. The maximum Gasteiger partial charge on any atom is 0.137 e. The van der Waals surface area contributed by atoms with Gasteiger partial charge in [0.2, 0.25) is 0 Å². The summed E-state index contributed by atoms with van der Waals surface area (Å²) in [5.41, 5.74) is 0.886. The first kappa shape index (κ1) is 17.2. The summed E-state index contributed by atoms with van der Waals surface area (Å²) in [6, 6.07) is 0.354. The van der Waals surface area contributed by atoms with E-state index < -0.39 is 0 Å². The van der Waals surface area contributed by atoms with Crippen molar-refractivity contribution < 1.29 is 5.11 Å². The van der Waals surface area contributed by atoms with E-state index in [4.69, 9.17) is 11.6 Å². The monoisotopic (exact) mass is 299 g/mol. The molecule has 114 valence electrons. The number of anilines is 1. The van der Waals surface area contributed by atoms with Gasteiger partial charge < -0.3 is 10.0 Å². The number of hydrogen-bond donors (Lipinski definition) is 1. The Labute approximate surface area is 127 Å². The second kappa shape index (κ2) is 7.79. The molecule has 1 rings (SSSR count). The highest BCUT2D eigenvalue weighted by Gasteiger charge is 2.21. The molecule has 1 N–H and O–H groups in total. The van der Waals surface area contributed by atoms with Crippen molar-refractivity contribution in [3.8, 4) is 0 Å². The third-order valence-corrected chi connectivity index (χ3v) is 3.96. The smallest absolute Gasteiger partial charge is 0.137 e. The molecule has 5 heteroatoms. The first-order valence-corrected chi connectivity index (χ1v) is 7.75. The molecule has 20 heavy (non-hydrogen) atoms. The number of aliphatic hydroxyl groups is 1. The summed E-state index contributed by atoms with van der Waals surface area (Å²) in [6.07, 6.45) is 2.02. The molecule has 1 heterocycles. The Morgan fingerprint density at radius 3 is 2.25 bits per heavy atom. The van der Waals surface area contributed by atoms with Crippen molar-refractivity contribution in [1.82, 2.24) is 9.97 Å². The van der Waals surface area contributed by atoms with E-state index >= 15 is 0 Å². The maximum atomic E-state index is 9.36. The van der Waals surface area contributed by atoms with Crippen molar-refractivity contribution in [1.29, 1.82) is 0 Å². The van der Waals surface area contributed by atoms with Crippen LogP contribution in [0.25, 0.3) is 0 Å². The molecule has 0 aliphatic rings. The fourth-order valence-corrected chi connectivity index (χ4v) is 2.50. The van der Waals surface area contributed by atoms with Crippen LogP contribution in [0.3, 0.4) is 0 Å². The van der Waals surface area contributed by atoms with E-state index in [9.17, 15) is 5.11 Å². The van der Waals surface area contributed by atoms with Crippen LogP contribution in [0.2, 0.25) is 5.15 Å². The minimum atomic E-state index is 0.106. The van der Waals surface area contributed by atoms with E-state index in [1.165, 1.54) is 0 Å². The molecule has 1 aromatic rings. The number of aromatic nitrogens is 2. The van der Waals surface area contributed by atoms with E-state index in [2.05, 4.69) is 42.6 Å². The van der Waals surface area contributed by atoms with Gasteiger partial charge in [0.1, 0.15) is 16.8 Å². The molecule has 0 aromatic carbocycles. The highest BCUT2D eigenvalue weighted by molar-refractivity contribution is 6.30. The Bertz CT molecular complexity index is 433. The lowest BCUT2D eigenvalue weighted by Crippen LogP contribution is -2.38. The molecule has 4 nitrogen and oxygen atoms in total. The highest BCUT2D eigenvalue weighted by Crippen LogP contribution is 2.28. The zero-order valence-corrected chi connectivity index (χ0v) is 13.9. The van der Waals surface area contributed by atoms with Gasteiger partial charge in [-0.1, -0.05) is 39.3 Å². The van der Waals surface area contributed by atoms with Crippen molar-refractivity contribution in [3.05, 3.63) is 16.5 Å². The Hall–Kier alpha value is -0.870. The van der Waals surface area contributed by atoms with Crippen LogP contribution in [-0.2, 0) is 0 Å². The second-order valence-corrected chi connectivity index (χ2v) is 5.72. The number of rotatable bonds is 7. The fraction of sp³-hybridized carbons (Fsp3) is 0.733. The van der Waals surface area contributed by atoms with E-state index in [1.54, 1.807) is 0 Å². The molecular formula is C15H26ClN3O. The van der Waals surface area contributed by atoms with Gasteiger partial charge in [-0.2, -0.15) is 0 Å². The van der Waals surface area contributed by atoms with E-state index in [0.29, 0.717) is 17.7 Å². The molecule has 0 spiro atoms. The Balaban J connectivity index is 3.30. The second-order valence-electron chi connectivity index (χ2n) is 5.36. The molecule has 0 saturated carbocycles. The van der Waals surface area contributed by atoms with Gasteiger partial charge in [0.15, 0.2) is 0 Å². The van der Waals surface area contributed by atoms with Crippen LogP contribution < -0.4 is 4.90 Å². The summed E-state index contributed by atoms with van der Waals surface area (Å²) < 4.78 is 0. The van der Waals surface area contributed by atoms with Crippen molar-refractivity contribution in [2.24, 2.45) is 0 Å². The molecule has 0 aliphatic carbocycles. The predicted molar refractivity (Wildman–Crippen MR) is 84.7 cm³/mol. The quantitative estimate of drug-likeness (QED) is 0.782. The van der Waals surface area contributed by atoms with Gasteiger partial charge in [-0.05, 0) is 19.8 Å². The van der Waals surface area contributed by atoms with Gasteiger partial charge in [0.25, 0.3) is 0 Å². The molecule has 0 amide bonds. The standard InChI is InChI=1S/C15H26ClN3O/c1-6-12(7-2)19(8-9-20)15-11(5)13(16)17-14(18-15)10(3)4/h10,12,20H,6-9H2,1-5H3. The predicted octanol–water partition coefficient (Wildman–Crippen LogP) is 3.55. The van der Waals surface area contributed by atoms with Crippen LogP contribution in [0.5, 0.6) is 0 Å². The molecule has 0 radical (unpaired) electrons. The summed E-state index contributed by atoms with van der Waals surface area (Å²) >= 11 is 6.26. The minimum Gasteiger partial charge on any atom is -0.395 e. The minimum absolute atomic E-state index is 0.106. The largest absolute Gasteiger partial charge is 0.395 e. The van der Waals surface area contributed by atoms with Gasteiger partial charge in [0, 0.05) is 24.1 Å². The first-order chi connectivity index (χ1) is 9.46. The third kappa shape index (κ3) is 3.83. The van der Waals surface area contributed by atoms with Gasteiger partial charge in [-0.15, -0.1) is 0 Å². The van der Waals surface area contributed by atoms with E-state index in [1.807, 2.05) is 6.92 Å². The molecular weight excluding hydrogens is 274 g/mol. The SMILES string of the molecule is CCC(CC)N(CCO)c1nc(C(C)C)nc(Cl)c1C. The summed E-state index contributed by atoms with van der Waals surface area (Å²) in [7, 11) is 0. The molecule has 1 aromatic heterocycles. The summed E-state index contributed by atoms with van der Waals surface area (Å²) in [4.78, 5) is 11.2. The summed E-state index contributed by atoms with van der Waals surface area (Å²) in [5, 5.41) is 9.87. The first-order valence-electron chi connectivity index (χ1n) is 7.37. The lowest BCUT2D eigenvalue weighted by Gasteiger charge is -2.32. The summed E-state index contributed by atoms with van der Waals surface area (Å²) in [5.74, 6) is 1.84. The lowest BCUT2D eigenvalue weighted by atomic mass is 10.1. The van der Waals surface area contributed by atoms with Crippen molar-refractivity contribution in [3.63, 3.8) is 0 Å². The van der Waals surface area contributed by atoms with Crippen LogP contribution in [0.1, 0.15) is 57.8 Å². The Morgan fingerprint density at radius 1 is 1.20 bits per heavy atom. The van der Waals surface area contributed by atoms with E-state index in [0.717, 1.165) is 30.0 Å². The van der Waals surface area contributed by atoms with Crippen LogP contribution in [0.15, 0.2) is 0 Å². The van der Waals surface area contributed by atoms with Gasteiger partial charge >= 0.3 is 0 Å². The topological polar surface area (TPSA) is 49.2 Å². The van der Waals surface area contributed by atoms with Crippen LogP contribution in [0, 0.1) is 6.92 Å². The normalized spacial score (nSPS) is 11.4. The lowest BCUT2D eigenvalue weighted by molar-refractivity contribution is 0.295.